The number of carbonyl (C=O) groups excluding carboxylic acids is 1. The second-order valence-electron chi connectivity index (χ2n) is 3.99. The Labute approximate surface area is 116 Å². The van der Waals surface area contributed by atoms with E-state index < -0.39 is 28.1 Å². The number of hydroxylamine groups is 1. The van der Waals surface area contributed by atoms with Gasteiger partial charge in [-0.15, -0.1) is 0 Å². The second-order valence-corrected chi connectivity index (χ2v) is 5.71. The van der Waals surface area contributed by atoms with Gasteiger partial charge in [-0.1, -0.05) is 0 Å². The third-order valence-electron chi connectivity index (χ3n) is 2.53. The third kappa shape index (κ3) is 3.90. The fourth-order valence-corrected chi connectivity index (χ4v) is 2.70. The van der Waals surface area contributed by atoms with Crippen LogP contribution in [0.1, 0.15) is 6.92 Å². The first-order chi connectivity index (χ1) is 9.31. The van der Waals surface area contributed by atoms with E-state index in [0.717, 1.165) is 0 Å². The summed E-state index contributed by atoms with van der Waals surface area (Å²) >= 11 is 0. The van der Waals surface area contributed by atoms with Crippen molar-refractivity contribution in [3.8, 4) is 5.75 Å². The molecule has 9 heteroatoms. The lowest BCUT2D eigenvalue weighted by atomic mass is 10.2. The lowest BCUT2D eigenvalue weighted by Crippen LogP contribution is -2.51. The highest BCUT2D eigenvalue weighted by molar-refractivity contribution is 7.89. The zero-order valence-corrected chi connectivity index (χ0v) is 11.7. The fraction of sp³-hybridized carbons (Fsp3) is 0.364. The van der Waals surface area contributed by atoms with Gasteiger partial charge in [0, 0.05) is 0 Å². The molecule has 0 unspecified atom stereocenters. The first-order valence-corrected chi connectivity index (χ1v) is 7.08. The van der Waals surface area contributed by atoms with Gasteiger partial charge in [0.25, 0.3) is 5.91 Å². The lowest BCUT2D eigenvalue weighted by molar-refractivity contribution is -0.133. The van der Waals surface area contributed by atoms with Crippen LogP contribution in [-0.2, 0) is 14.8 Å². The van der Waals surface area contributed by atoms with E-state index in [4.69, 9.17) is 9.94 Å². The number of hydrogen-bond acceptors (Lipinski definition) is 6. The molecular weight excluding hydrogens is 288 g/mol. The van der Waals surface area contributed by atoms with Crippen LogP contribution >= 0.6 is 0 Å². The Kier molecular flexibility index (Phi) is 5.45. The highest BCUT2D eigenvalue weighted by Crippen LogP contribution is 2.16. The van der Waals surface area contributed by atoms with Crippen LogP contribution in [-0.4, -0.2) is 43.9 Å². The van der Waals surface area contributed by atoms with Crippen molar-refractivity contribution in [2.45, 2.75) is 24.0 Å². The van der Waals surface area contributed by atoms with Gasteiger partial charge >= 0.3 is 0 Å². The first kappa shape index (κ1) is 16.4. The van der Waals surface area contributed by atoms with E-state index >= 15 is 0 Å². The predicted molar refractivity (Wildman–Crippen MR) is 68.7 cm³/mol. The average molecular weight is 304 g/mol. The summed E-state index contributed by atoms with van der Waals surface area (Å²) in [4.78, 5) is 11.2. The summed E-state index contributed by atoms with van der Waals surface area (Å²) in [5.41, 5.74) is 1.29. The highest BCUT2D eigenvalue weighted by Gasteiger charge is 2.29. The normalized spacial score (nSPS) is 14.4. The number of methoxy groups -OCH3 is 1. The van der Waals surface area contributed by atoms with Gasteiger partial charge in [-0.25, -0.2) is 13.9 Å². The molecule has 0 saturated carbocycles. The van der Waals surface area contributed by atoms with Gasteiger partial charge in [0.15, 0.2) is 0 Å². The average Bonchev–Trinajstić information content (AvgIpc) is 2.43. The smallest absolute Gasteiger partial charge is 0.264 e. The zero-order valence-electron chi connectivity index (χ0n) is 10.9. The number of amides is 1. The topological polar surface area (TPSA) is 125 Å². The third-order valence-corrected chi connectivity index (χ3v) is 3.98. The van der Waals surface area contributed by atoms with Crippen LogP contribution < -0.4 is 14.9 Å². The second kappa shape index (κ2) is 6.66. The lowest BCUT2D eigenvalue weighted by Gasteiger charge is -2.19. The molecule has 0 aliphatic carbocycles. The van der Waals surface area contributed by atoms with E-state index in [9.17, 15) is 18.3 Å². The van der Waals surface area contributed by atoms with E-state index in [1.165, 1.54) is 43.8 Å². The fourth-order valence-electron chi connectivity index (χ4n) is 1.43. The molecule has 0 fully saturated rings. The molecule has 1 rings (SSSR count). The van der Waals surface area contributed by atoms with Crippen molar-refractivity contribution < 1.29 is 28.3 Å². The summed E-state index contributed by atoms with van der Waals surface area (Å²) in [5.74, 6) is -0.582. The maximum atomic E-state index is 12.0. The first-order valence-electron chi connectivity index (χ1n) is 5.60. The number of aliphatic hydroxyl groups excluding tert-OH is 1. The number of nitrogens with one attached hydrogen (secondary N) is 2. The van der Waals surface area contributed by atoms with Crippen LogP contribution in [0, 0.1) is 0 Å². The van der Waals surface area contributed by atoms with Crippen molar-refractivity contribution >= 4 is 15.9 Å². The van der Waals surface area contributed by atoms with Crippen molar-refractivity contribution in [2.24, 2.45) is 0 Å². The molecule has 0 heterocycles. The summed E-state index contributed by atoms with van der Waals surface area (Å²) in [6.45, 7) is 1.22. The van der Waals surface area contributed by atoms with Crippen molar-refractivity contribution in [3.63, 3.8) is 0 Å². The molecule has 0 aliphatic heterocycles. The van der Waals surface area contributed by atoms with Crippen LogP contribution in [0.25, 0.3) is 0 Å². The van der Waals surface area contributed by atoms with Gasteiger partial charge < -0.3 is 9.84 Å². The Bertz CT molecular complexity index is 555. The molecule has 112 valence electrons. The van der Waals surface area contributed by atoms with Crippen LogP contribution in [0.5, 0.6) is 5.75 Å². The van der Waals surface area contributed by atoms with Gasteiger partial charge in [-0.05, 0) is 31.2 Å². The van der Waals surface area contributed by atoms with Gasteiger partial charge in [0.1, 0.15) is 11.8 Å². The van der Waals surface area contributed by atoms with Gasteiger partial charge in [0.05, 0.1) is 18.1 Å². The van der Waals surface area contributed by atoms with E-state index in [0.29, 0.717) is 5.75 Å². The van der Waals surface area contributed by atoms with E-state index in [1.54, 1.807) is 0 Å². The minimum atomic E-state index is -4.02. The molecule has 8 nitrogen and oxygen atoms in total. The number of sulfonamides is 1. The quantitative estimate of drug-likeness (QED) is 0.404. The Morgan fingerprint density at radius 2 is 1.85 bits per heavy atom. The van der Waals surface area contributed by atoms with Crippen molar-refractivity contribution in [1.29, 1.82) is 0 Å². The maximum absolute atomic E-state index is 12.0. The van der Waals surface area contributed by atoms with Gasteiger partial charge in [-0.2, -0.15) is 4.72 Å². The molecule has 0 aliphatic rings. The molecule has 1 aromatic rings. The molecule has 20 heavy (non-hydrogen) atoms. The maximum Gasteiger partial charge on any atom is 0.264 e. The summed E-state index contributed by atoms with van der Waals surface area (Å²) in [5, 5.41) is 17.9. The summed E-state index contributed by atoms with van der Waals surface area (Å²) < 4.78 is 31.0. The Hall–Kier alpha value is -1.68. The molecule has 0 bridgehead atoms. The number of ether oxygens (including phenoxy) is 1. The molecule has 1 aromatic carbocycles. The van der Waals surface area contributed by atoms with E-state index in [2.05, 4.69) is 0 Å². The Morgan fingerprint density at radius 3 is 2.25 bits per heavy atom. The number of rotatable bonds is 6. The number of carbonyl (C=O) groups is 1. The van der Waals surface area contributed by atoms with Gasteiger partial charge in [-0.3, -0.25) is 10.0 Å². The van der Waals surface area contributed by atoms with Crippen LogP contribution in [0.2, 0.25) is 0 Å². The molecule has 1 amide bonds. The summed E-state index contributed by atoms with van der Waals surface area (Å²) in [6.07, 6.45) is -1.32. The Balaban J connectivity index is 3.00. The highest BCUT2D eigenvalue weighted by atomic mass is 32.2. The molecule has 0 saturated heterocycles. The monoisotopic (exact) mass is 304 g/mol. The standard InChI is InChI=1S/C11H16N2O6S/c1-7(14)10(11(15)12-16)13-20(17,18)9-5-3-8(19-2)4-6-9/h3-7,10,13-14,16H,1-2H3,(H,12,15)/t7-,10-/m1/s1. The predicted octanol–water partition coefficient (Wildman–Crippen LogP) is -0.772. The molecule has 2 atom stereocenters. The van der Waals surface area contributed by atoms with Crippen LogP contribution in [0.3, 0.4) is 0 Å². The zero-order chi connectivity index (χ0) is 15.3. The van der Waals surface area contributed by atoms with E-state index in [1.807, 2.05) is 4.72 Å². The molecule has 0 spiro atoms. The SMILES string of the molecule is COc1ccc(S(=O)(=O)N[C@@H](C(=O)NO)[C@@H](C)O)cc1. The summed E-state index contributed by atoms with van der Waals surface area (Å²) in [7, 11) is -2.58. The van der Waals surface area contributed by atoms with Crippen LogP contribution in [0.4, 0.5) is 0 Å². The van der Waals surface area contributed by atoms with Crippen molar-refractivity contribution in [2.75, 3.05) is 7.11 Å². The number of hydrogen-bond donors (Lipinski definition) is 4. The molecule has 0 aromatic heterocycles. The van der Waals surface area contributed by atoms with Crippen molar-refractivity contribution in [1.82, 2.24) is 10.2 Å². The molecular formula is C11H16N2O6S. The summed E-state index contributed by atoms with van der Waals surface area (Å²) in [6, 6.07) is 3.96. The molecule has 0 radical (unpaired) electrons. The van der Waals surface area contributed by atoms with Crippen LogP contribution in [0.15, 0.2) is 29.2 Å². The number of aliphatic hydroxyl groups is 1. The van der Waals surface area contributed by atoms with Gasteiger partial charge in [0.2, 0.25) is 10.0 Å². The minimum absolute atomic E-state index is 0.102. The Morgan fingerprint density at radius 1 is 1.30 bits per heavy atom. The minimum Gasteiger partial charge on any atom is -0.497 e. The van der Waals surface area contributed by atoms with E-state index in [-0.39, 0.29) is 4.90 Å². The van der Waals surface area contributed by atoms with Crippen molar-refractivity contribution in [3.05, 3.63) is 24.3 Å². The largest absolute Gasteiger partial charge is 0.497 e. The molecule has 4 N–H and O–H groups in total. The number of benzene rings is 1.